The Balaban J connectivity index is 4.45. The van der Waals surface area contributed by atoms with Gasteiger partial charge in [-0.25, -0.2) is 4.72 Å². The maximum absolute atomic E-state index is 10.3. The third-order valence-electron chi connectivity index (χ3n) is 0.417. The van der Waals surface area contributed by atoms with Crippen molar-refractivity contribution in [2.24, 2.45) is 4.52 Å². The smallest absolute Gasteiger partial charge is 0.274 e. The monoisotopic (exact) mass is 164 g/mol. The maximum Gasteiger partial charge on any atom is 0.324 e. The van der Waals surface area contributed by atoms with Crippen LogP contribution >= 0.6 is 0 Å². The number of nitrogens with one attached hydrogen (secondary N) is 1. The normalized spacial score (nSPS) is 9.70. The molecule has 0 aliphatic carbocycles. The first-order valence-corrected chi connectivity index (χ1v) is 3.51. The number of hydrogen-bond donors (Lipinski definition) is 1. The summed E-state index contributed by atoms with van der Waals surface area (Å²) < 4.78 is 24.3. The minimum atomic E-state index is -4.12. The van der Waals surface area contributed by atoms with Gasteiger partial charge in [-0.2, -0.15) is 8.42 Å². The first-order chi connectivity index (χ1) is 4.48. The van der Waals surface area contributed by atoms with Gasteiger partial charge in [0.05, 0.1) is 4.52 Å². The van der Waals surface area contributed by atoms with Gasteiger partial charge in [0.25, 0.3) is 0 Å². The van der Waals surface area contributed by atoms with Crippen molar-refractivity contribution in [1.29, 1.82) is 0 Å². The van der Waals surface area contributed by atoms with Gasteiger partial charge < -0.3 is 0 Å². The molecule has 0 saturated heterocycles. The van der Waals surface area contributed by atoms with Crippen LogP contribution in [0.5, 0.6) is 0 Å². The number of carbonyl (C=O) groups excluding carboxylic acids is 1. The fraction of sp³-hybridized carbons (Fsp3) is 0.500. The number of nitrogens with zero attached hydrogens (tertiary/aromatic N) is 3. The molecule has 0 bridgehead atoms. The zero-order chi connectivity index (χ0) is 8.20. The molecule has 1 N–H and O–H groups in total. The highest BCUT2D eigenvalue weighted by Gasteiger charge is 2.06. The lowest BCUT2D eigenvalue weighted by Gasteiger charge is -1.92. The van der Waals surface area contributed by atoms with Crippen molar-refractivity contribution in [2.75, 3.05) is 0 Å². The summed E-state index contributed by atoms with van der Waals surface area (Å²) >= 11 is 0. The lowest BCUT2D eigenvalue weighted by molar-refractivity contribution is -0.117. The number of rotatable bonds is 2. The summed E-state index contributed by atoms with van der Waals surface area (Å²) in [6.07, 6.45) is 0. The zero-order valence-corrected chi connectivity index (χ0v) is 5.79. The van der Waals surface area contributed by atoms with E-state index in [0.29, 0.717) is 0 Å². The van der Waals surface area contributed by atoms with Crippen LogP contribution in [0.25, 0.3) is 10.4 Å². The predicted octanol–water partition coefficient (Wildman–Crippen LogP) is -0.322. The van der Waals surface area contributed by atoms with E-state index in [1.54, 1.807) is 0 Å². The molecule has 0 atom stereocenters. The van der Waals surface area contributed by atoms with E-state index < -0.39 is 16.1 Å². The number of carbonyl (C=O) groups is 1. The van der Waals surface area contributed by atoms with Gasteiger partial charge in [-0.05, 0) is 5.53 Å². The summed E-state index contributed by atoms with van der Waals surface area (Å²) in [5, 5.41) is 0. The Morgan fingerprint density at radius 2 is 2.20 bits per heavy atom. The van der Waals surface area contributed by atoms with Gasteiger partial charge in [-0.1, -0.05) is 0 Å². The van der Waals surface area contributed by atoms with E-state index in [4.69, 9.17) is 5.53 Å². The van der Waals surface area contributed by atoms with Gasteiger partial charge in [0.2, 0.25) is 5.91 Å². The van der Waals surface area contributed by atoms with Gasteiger partial charge in [-0.15, -0.1) is 0 Å². The van der Waals surface area contributed by atoms with Crippen LogP contribution in [0.1, 0.15) is 6.92 Å². The quantitative estimate of drug-likeness (QED) is 0.342. The average Bonchev–Trinajstić information content (AvgIpc) is 1.59. The molecule has 0 saturated carbocycles. The third-order valence-corrected chi connectivity index (χ3v) is 1.25. The van der Waals surface area contributed by atoms with Gasteiger partial charge in [0, 0.05) is 11.8 Å². The molecule has 0 radical (unpaired) electrons. The first kappa shape index (κ1) is 8.73. The number of hydrogen-bond acceptors (Lipinski definition) is 3. The standard InChI is InChI=1S/C2H4N4O3S/c1-2(7)4-10(8,9)6-5-3/h1H3,(H,4,7). The maximum atomic E-state index is 10.3. The SMILES string of the molecule is CC(=O)NS(=O)(=O)N=[N+]=[N-]. The molecule has 0 aromatic heterocycles. The lowest BCUT2D eigenvalue weighted by atomic mass is 10.8. The van der Waals surface area contributed by atoms with Crippen molar-refractivity contribution in [1.82, 2.24) is 4.72 Å². The van der Waals surface area contributed by atoms with E-state index in [2.05, 4.69) is 4.52 Å². The molecule has 0 aromatic rings. The van der Waals surface area contributed by atoms with Crippen molar-refractivity contribution >= 4 is 16.1 Å². The van der Waals surface area contributed by atoms with Crippen molar-refractivity contribution in [3.05, 3.63) is 10.4 Å². The largest absolute Gasteiger partial charge is 0.324 e. The van der Waals surface area contributed by atoms with Crippen LogP contribution in [0.4, 0.5) is 0 Å². The molecule has 0 heterocycles. The Hall–Kier alpha value is -1.27. The molecule has 0 rings (SSSR count). The number of amides is 1. The predicted molar refractivity (Wildman–Crippen MR) is 31.9 cm³/mol. The van der Waals surface area contributed by atoms with Crippen molar-refractivity contribution < 1.29 is 13.2 Å². The molecular formula is C2H4N4O3S. The van der Waals surface area contributed by atoms with Crippen molar-refractivity contribution in [3.63, 3.8) is 0 Å². The van der Waals surface area contributed by atoms with Crippen LogP contribution in [-0.2, 0) is 15.0 Å². The molecule has 0 unspecified atom stereocenters. The highest BCUT2D eigenvalue weighted by molar-refractivity contribution is 7.88. The van der Waals surface area contributed by atoms with Crippen LogP contribution < -0.4 is 4.72 Å². The van der Waals surface area contributed by atoms with Crippen LogP contribution in [0, 0.1) is 0 Å². The Morgan fingerprint density at radius 1 is 1.70 bits per heavy atom. The second-order valence-corrected chi connectivity index (χ2v) is 2.62. The van der Waals surface area contributed by atoms with E-state index in [1.807, 2.05) is 4.91 Å². The van der Waals surface area contributed by atoms with E-state index in [-0.39, 0.29) is 0 Å². The summed E-state index contributed by atoms with van der Waals surface area (Å²) in [5.41, 5.74) is 7.64. The van der Waals surface area contributed by atoms with Crippen molar-refractivity contribution in [2.45, 2.75) is 6.92 Å². The van der Waals surface area contributed by atoms with Gasteiger partial charge >= 0.3 is 10.2 Å². The Bertz CT molecular complexity index is 273. The summed E-state index contributed by atoms with van der Waals surface area (Å²) in [4.78, 5) is 12.0. The first-order valence-electron chi connectivity index (χ1n) is 2.07. The Morgan fingerprint density at radius 3 is 2.50 bits per heavy atom. The second kappa shape index (κ2) is 3.04. The Labute approximate surface area is 56.8 Å². The fourth-order valence-corrected chi connectivity index (χ4v) is 0.750. The summed E-state index contributed by atoms with van der Waals surface area (Å²) in [7, 11) is -4.12. The molecule has 0 aliphatic heterocycles. The van der Waals surface area contributed by atoms with Crippen LogP contribution in [0.2, 0.25) is 0 Å². The molecule has 0 aliphatic rings. The van der Waals surface area contributed by atoms with Crippen LogP contribution in [0.3, 0.4) is 0 Å². The third kappa shape index (κ3) is 3.70. The van der Waals surface area contributed by atoms with Crippen molar-refractivity contribution in [3.8, 4) is 0 Å². The van der Waals surface area contributed by atoms with Crippen LogP contribution in [-0.4, -0.2) is 14.3 Å². The molecular weight excluding hydrogens is 160 g/mol. The van der Waals surface area contributed by atoms with E-state index in [1.165, 1.54) is 4.72 Å². The highest BCUT2D eigenvalue weighted by Crippen LogP contribution is 1.84. The molecule has 1 amide bonds. The molecule has 0 fully saturated rings. The lowest BCUT2D eigenvalue weighted by Crippen LogP contribution is -2.25. The molecule has 10 heavy (non-hydrogen) atoms. The van der Waals surface area contributed by atoms with E-state index in [0.717, 1.165) is 6.92 Å². The van der Waals surface area contributed by atoms with Gasteiger partial charge in [0.15, 0.2) is 0 Å². The zero-order valence-electron chi connectivity index (χ0n) is 4.97. The topological polar surface area (TPSA) is 112 Å². The Kier molecular flexibility index (Phi) is 2.65. The molecule has 0 aromatic carbocycles. The summed E-state index contributed by atoms with van der Waals surface area (Å²) in [6, 6.07) is 0. The van der Waals surface area contributed by atoms with E-state index >= 15 is 0 Å². The van der Waals surface area contributed by atoms with Gasteiger partial charge in [-0.3, -0.25) is 4.79 Å². The van der Waals surface area contributed by atoms with E-state index in [9.17, 15) is 13.2 Å². The number of azide groups is 1. The molecule has 0 spiro atoms. The molecule has 7 nitrogen and oxygen atoms in total. The van der Waals surface area contributed by atoms with Crippen LogP contribution in [0.15, 0.2) is 4.52 Å². The second-order valence-electron chi connectivity index (χ2n) is 1.30. The fourth-order valence-electron chi connectivity index (χ4n) is 0.250. The average molecular weight is 164 g/mol. The molecule has 8 heteroatoms. The minimum absolute atomic E-state index is 0.799. The summed E-state index contributed by atoms with van der Waals surface area (Å²) in [5.74, 6) is -0.799. The summed E-state index contributed by atoms with van der Waals surface area (Å²) in [6.45, 7) is 0.991. The highest BCUT2D eigenvalue weighted by atomic mass is 32.2. The van der Waals surface area contributed by atoms with Gasteiger partial charge in [0.1, 0.15) is 0 Å². The minimum Gasteiger partial charge on any atom is -0.274 e. The molecule has 56 valence electrons.